The highest BCUT2D eigenvalue weighted by Gasteiger charge is 2.30. The number of ether oxygens (including phenoxy) is 1. The van der Waals surface area contributed by atoms with Gasteiger partial charge >= 0.3 is 0 Å². The van der Waals surface area contributed by atoms with Gasteiger partial charge in [0.25, 0.3) is 0 Å². The Bertz CT molecular complexity index is 709. The van der Waals surface area contributed by atoms with E-state index in [0.717, 1.165) is 38.2 Å². The van der Waals surface area contributed by atoms with E-state index in [1.54, 1.807) is 4.68 Å². The fourth-order valence-corrected chi connectivity index (χ4v) is 3.31. The molecule has 8 nitrogen and oxygen atoms in total. The third-order valence-corrected chi connectivity index (χ3v) is 4.82. The topological polar surface area (TPSA) is 76.4 Å². The van der Waals surface area contributed by atoms with Gasteiger partial charge in [-0.2, -0.15) is 0 Å². The van der Waals surface area contributed by atoms with Gasteiger partial charge in [-0.15, -0.1) is 5.10 Å². The van der Waals surface area contributed by atoms with Crippen molar-refractivity contribution < 1.29 is 9.53 Å². The molecule has 0 saturated carbocycles. The molecule has 2 aliphatic heterocycles. The van der Waals surface area contributed by atoms with Crippen molar-refractivity contribution in [2.75, 3.05) is 39.4 Å². The molecule has 0 N–H and O–H groups in total. The van der Waals surface area contributed by atoms with E-state index >= 15 is 0 Å². The molecular weight excluding hydrogens is 320 g/mol. The summed E-state index contributed by atoms with van der Waals surface area (Å²) in [5, 5.41) is 12.2. The van der Waals surface area contributed by atoms with E-state index in [2.05, 4.69) is 32.6 Å². The zero-order valence-electron chi connectivity index (χ0n) is 14.1. The molecule has 2 fully saturated rings. The Morgan fingerprint density at radius 3 is 2.56 bits per heavy atom. The average Bonchev–Trinajstić information content (AvgIpc) is 3.03. The molecule has 0 spiro atoms. The molecule has 2 saturated heterocycles. The molecule has 1 amide bonds. The molecule has 25 heavy (non-hydrogen) atoms. The van der Waals surface area contributed by atoms with Crippen molar-refractivity contribution in [1.82, 2.24) is 30.0 Å². The second kappa shape index (κ2) is 7.28. The van der Waals surface area contributed by atoms with E-state index in [-0.39, 0.29) is 18.5 Å². The van der Waals surface area contributed by atoms with Crippen LogP contribution in [0.3, 0.4) is 0 Å². The smallest absolute Gasteiger partial charge is 0.244 e. The number of nitrogens with zero attached hydrogens (tertiary/aromatic N) is 6. The van der Waals surface area contributed by atoms with Crippen LogP contribution >= 0.6 is 0 Å². The van der Waals surface area contributed by atoms with Crippen molar-refractivity contribution in [3.63, 3.8) is 0 Å². The first-order valence-electron chi connectivity index (χ1n) is 8.73. The first-order valence-corrected chi connectivity index (χ1v) is 8.73. The van der Waals surface area contributed by atoms with Crippen LogP contribution in [-0.4, -0.2) is 75.3 Å². The predicted octanol–water partition coefficient (Wildman–Crippen LogP) is 0.327. The van der Waals surface area contributed by atoms with E-state index in [1.807, 2.05) is 23.1 Å². The minimum absolute atomic E-state index is 0.0774. The van der Waals surface area contributed by atoms with Crippen molar-refractivity contribution in [1.29, 1.82) is 0 Å². The first-order chi connectivity index (χ1) is 12.3. The maximum Gasteiger partial charge on any atom is 0.244 e. The normalized spacial score (nSPS) is 19.4. The number of benzene rings is 1. The Morgan fingerprint density at radius 1 is 1.12 bits per heavy atom. The monoisotopic (exact) mass is 342 g/mol. The van der Waals surface area contributed by atoms with Gasteiger partial charge < -0.3 is 9.64 Å². The highest BCUT2D eigenvalue weighted by Crippen LogP contribution is 2.27. The molecule has 8 heteroatoms. The molecule has 1 atom stereocenters. The number of likely N-dealkylation sites (tertiary alicyclic amines) is 1. The quantitative estimate of drug-likeness (QED) is 0.779. The summed E-state index contributed by atoms with van der Waals surface area (Å²) in [5.74, 6) is 0.788. The Labute approximate surface area is 146 Å². The summed E-state index contributed by atoms with van der Waals surface area (Å²) in [4.78, 5) is 16.5. The van der Waals surface area contributed by atoms with E-state index in [0.29, 0.717) is 19.0 Å². The molecule has 2 aromatic rings. The second-order valence-electron chi connectivity index (χ2n) is 6.39. The second-order valence-corrected chi connectivity index (χ2v) is 6.39. The van der Waals surface area contributed by atoms with Crippen molar-refractivity contribution in [3.05, 3.63) is 41.7 Å². The third-order valence-electron chi connectivity index (χ3n) is 4.82. The minimum Gasteiger partial charge on any atom is -0.379 e. The number of carbonyl (C=O) groups is 1. The van der Waals surface area contributed by atoms with Gasteiger partial charge in [-0.25, -0.2) is 4.68 Å². The lowest BCUT2D eigenvalue weighted by Gasteiger charge is -2.34. The van der Waals surface area contributed by atoms with Gasteiger partial charge in [0.1, 0.15) is 6.54 Å². The van der Waals surface area contributed by atoms with Crippen LogP contribution in [0.2, 0.25) is 0 Å². The molecule has 3 heterocycles. The van der Waals surface area contributed by atoms with Crippen molar-refractivity contribution in [2.45, 2.75) is 19.0 Å². The number of tetrazole rings is 1. The van der Waals surface area contributed by atoms with Crippen LogP contribution in [0.4, 0.5) is 0 Å². The van der Waals surface area contributed by atoms with Gasteiger partial charge in [-0.3, -0.25) is 9.69 Å². The highest BCUT2D eigenvalue weighted by molar-refractivity contribution is 5.76. The molecule has 0 radical (unpaired) electrons. The lowest BCUT2D eigenvalue weighted by Crippen LogP contribution is -2.44. The SMILES string of the molecule is O=C(Cn1nnnc1C(c1ccccc1)N1CCOCC1)N1CCC1. The Hall–Kier alpha value is -2.32. The summed E-state index contributed by atoms with van der Waals surface area (Å²) in [6.07, 6.45) is 1.08. The van der Waals surface area contributed by atoms with Gasteiger partial charge in [0.15, 0.2) is 5.82 Å². The van der Waals surface area contributed by atoms with Gasteiger partial charge in [-0.1, -0.05) is 30.3 Å². The maximum atomic E-state index is 12.4. The van der Waals surface area contributed by atoms with E-state index in [9.17, 15) is 4.79 Å². The number of rotatable bonds is 5. The van der Waals surface area contributed by atoms with Gasteiger partial charge in [0.05, 0.1) is 19.3 Å². The molecule has 4 rings (SSSR count). The highest BCUT2D eigenvalue weighted by atomic mass is 16.5. The van der Waals surface area contributed by atoms with Gasteiger partial charge in [0.2, 0.25) is 5.91 Å². The summed E-state index contributed by atoms with van der Waals surface area (Å²) in [6, 6.07) is 10.1. The van der Waals surface area contributed by atoms with Crippen molar-refractivity contribution in [2.24, 2.45) is 0 Å². The molecule has 0 aliphatic carbocycles. The lowest BCUT2D eigenvalue weighted by atomic mass is 10.0. The molecule has 1 aromatic heterocycles. The number of carbonyl (C=O) groups excluding carboxylic acids is 1. The molecule has 0 bridgehead atoms. The predicted molar refractivity (Wildman–Crippen MR) is 89.7 cm³/mol. The fraction of sp³-hybridized carbons (Fsp3) is 0.529. The molecule has 132 valence electrons. The van der Waals surface area contributed by atoms with Crippen LogP contribution < -0.4 is 0 Å². The van der Waals surface area contributed by atoms with E-state index in [4.69, 9.17) is 4.74 Å². The van der Waals surface area contributed by atoms with Crippen LogP contribution in [0.15, 0.2) is 30.3 Å². The zero-order valence-corrected chi connectivity index (χ0v) is 14.1. The van der Waals surface area contributed by atoms with Crippen LogP contribution in [0.5, 0.6) is 0 Å². The zero-order chi connectivity index (χ0) is 17.1. The minimum atomic E-state index is -0.0794. The molecule has 2 aliphatic rings. The Morgan fingerprint density at radius 2 is 1.88 bits per heavy atom. The number of aromatic nitrogens is 4. The van der Waals surface area contributed by atoms with Gasteiger partial charge in [-0.05, 0) is 22.4 Å². The van der Waals surface area contributed by atoms with Gasteiger partial charge in [0, 0.05) is 26.2 Å². The molecule has 1 aromatic carbocycles. The van der Waals surface area contributed by atoms with E-state index in [1.165, 1.54) is 0 Å². The largest absolute Gasteiger partial charge is 0.379 e. The Kier molecular flexibility index (Phi) is 4.71. The number of hydrogen-bond acceptors (Lipinski definition) is 6. The third kappa shape index (κ3) is 3.40. The molecular formula is C17H22N6O2. The molecule has 1 unspecified atom stereocenters. The Balaban J connectivity index is 1.63. The fourth-order valence-electron chi connectivity index (χ4n) is 3.31. The van der Waals surface area contributed by atoms with Crippen LogP contribution in [0.25, 0.3) is 0 Å². The van der Waals surface area contributed by atoms with Crippen molar-refractivity contribution in [3.8, 4) is 0 Å². The summed E-state index contributed by atoms with van der Waals surface area (Å²) in [5.41, 5.74) is 1.12. The number of hydrogen-bond donors (Lipinski definition) is 0. The average molecular weight is 342 g/mol. The number of amides is 1. The van der Waals surface area contributed by atoms with Crippen LogP contribution in [0, 0.1) is 0 Å². The summed E-state index contributed by atoms with van der Waals surface area (Å²) in [7, 11) is 0. The maximum absolute atomic E-state index is 12.4. The van der Waals surface area contributed by atoms with Crippen LogP contribution in [0.1, 0.15) is 23.9 Å². The lowest BCUT2D eigenvalue weighted by molar-refractivity contribution is -0.135. The van der Waals surface area contributed by atoms with Crippen molar-refractivity contribution >= 4 is 5.91 Å². The van der Waals surface area contributed by atoms with Crippen LogP contribution in [-0.2, 0) is 16.1 Å². The first kappa shape index (κ1) is 16.2. The number of morpholine rings is 1. The summed E-state index contributed by atoms with van der Waals surface area (Å²) in [6.45, 7) is 4.87. The standard InChI is InChI=1S/C17H22N6O2/c24-15(21-7-4-8-21)13-23-17(18-19-20-23)16(14-5-2-1-3-6-14)22-9-11-25-12-10-22/h1-3,5-6,16H,4,7-13H2. The van der Waals surface area contributed by atoms with E-state index < -0.39 is 0 Å². The summed E-state index contributed by atoms with van der Waals surface area (Å²) >= 11 is 0. The summed E-state index contributed by atoms with van der Waals surface area (Å²) < 4.78 is 7.14.